The normalized spacial score (nSPS) is 23.0. The number of ether oxygens (including phenoxy) is 1. The molecule has 2 fully saturated rings. The summed E-state index contributed by atoms with van der Waals surface area (Å²) in [7, 11) is 0. The zero-order valence-corrected chi connectivity index (χ0v) is 24.8. The summed E-state index contributed by atoms with van der Waals surface area (Å²) in [4.78, 5) is 31.0. The van der Waals surface area contributed by atoms with Crippen LogP contribution in [0.15, 0.2) is 24.3 Å². The minimum atomic E-state index is -2.45. The largest absolute Gasteiger partial charge is 0.444 e. The highest BCUT2D eigenvalue weighted by molar-refractivity contribution is 5.98. The molecule has 42 heavy (non-hydrogen) atoms. The van der Waals surface area contributed by atoms with Crippen molar-refractivity contribution < 1.29 is 27.5 Å². The van der Waals surface area contributed by atoms with Crippen LogP contribution in [0.25, 0.3) is 0 Å². The number of benzene rings is 1. The van der Waals surface area contributed by atoms with Crippen LogP contribution in [0.1, 0.15) is 76.7 Å². The molecule has 0 spiro atoms. The summed E-state index contributed by atoms with van der Waals surface area (Å²) in [5.41, 5.74) is 6.57. The van der Waals surface area contributed by atoms with Crippen LogP contribution in [0.2, 0.25) is 0 Å². The number of primary amides is 1. The number of amides is 2. The second-order valence-corrected chi connectivity index (χ2v) is 13.3. The first kappa shape index (κ1) is 29.8. The van der Waals surface area contributed by atoms with Crippen molar-refractivity contribution in [1.82, 2.24) is 10.3 Å². The highest BCUT2D eigenvalue weighted by atomic mass is 19.3. The van der Waals surface area contributed by atoms with E-state index in [2.05, 4.69) is 20.9 Å². The van der Waals surface area contributed by atoms with E-state index < -0.39 is 35.9 Å². The van der Waals surface area contributed by atoms with Crippen molar-refractivity contribution in [3.63, 3.8) is 0 Å². The van der Waals surface area contributed by atoms with Gasteiger partial charge in [0.15, 0.2) is 11.6 Å². The van der Waals surface area contributed by atoms with Gasteiger partial charge >= 0.3 is 6.09 Å². The number of nitrogens with one attached hydrogen (secondary N) is 3. The summed E-state index contributed by atoms with van der Waals surface area (Å²) in [6.45, 7) is 10.9. The van der Waals surface area contributed by atoms with E-state index in [-0.39, 0.29) is 46.7 Å². The number of halogens is 3. The summed E-state index contributed by atoms with van der Waals surface area (Å²) in [6.07, 6.45) is -0.467. The van der Waals surface area contributed by atoms with Crippen LogP contribution < -0.4 is 26.6 Å². The summed E-state index contributed by atoms with van der Waals surface area (Å²) in [6, 6.07) is 5.56. The average Bonchev–Trinajstić information content (AvgIpc) is 3.77. The van der Waals surface area contributed by atoms with Crippen molar-refractivity contribution in [2.24, 2.45) is 11.1 Å². The van der Waals surface area contributed by atoms with Gasteiger partial charge in [0.2, 0.25) is 0 Å². The smallest absolute Gasteiger partial charge is 0.407 e. The lowest BCUT2D eigenvalue weighted by Crippen LogP contribution is -2.51. The Labute approximate surface area is 243 Å². The van der Waals surface area contributed by atoms with Gasteiger partial charge in [-0.25, -0.2) is 22.9 Å². The Morgan fingerprint density at radius 1 is 1.19 bits per heavy atom. The summed E-state index contributed by atoms with van der Waals surface area (Å²) >= 11 is 0. The molecule has 1 aromatic carbocycles. The van der Waals surface area contributed by atoms with Crippen LogP contribution in [0, 0.1) is 11.2 Å². The molecule has 0 radical (unpaired) electrons. The standard InChI is InChI=1S/C30H39F3N6O3/c1-15(23(29(5)9-10-29)37-27(41)42-28(2,3)4)35-26-19(31)12-17(24(34)40)25(38-26)36-16-7-8-20-18(11-16)30(6)13-21(30)39(20)14-22(32)33/h7-8,11-12,15,21-23H,9-10,13-14H2,1-6H3,(H2,34,40)(H,37,41)(H2,35,36,38)/t15-,21?,23?,30?/m1/s1. The molecule has 0 bridgehead atoms. The van der Waals surface area contributed by atoms with Crippen molar-refractivity contribution in [2.45, 2.75) is 96.4 Å². The maximum atomic E-state index is 15.2. The van der Waals surface area contributed by atoms with Crippen LogP contribution in [0.5, 0.6) is 0 Å². The SMILES string of the molecule is C[C@@H](Nc1nc(Nc2ccc3c(c2)C2(C)CC2N3CC(F)F)c(C(N)=O)cc1F)C(NC(=O)OC(C)(C)C)C1(C)CC1. The van der Waals surface area contributed by atoms with E-state index in [9.17, 15) is 18.4 Å². The second kappa shape index (κ2) is 10.2. The summed E-state index contributed by atoms with van der Waals surface area (Å²) in [5.74, 6) is -1.71. The molecule has 2 aliphatic carbocycles. The highest BCUT2D eigenvalue weighted by Gasteiger charge is 2.61. The number of alkyl halides is 2. The number of nitrogens with zero attached hydrogens (tertiary/aromatic N) is 2. The summed E-state index contributed by atoms with van der Waals surface area (Å²) in [5, 5.41) is 9.10. The minimum Gasteiger partial charge on any atom is -0.444 e. The molecule has 1 aromatic heterocycles. The molecular weight excluding hydrogens is 549 g/mol. The van der Waals surface area contributed by atoms with Gasteiger partial charge in [-0.2, -0.15) is 0 Å². The van der Waals surface area contributed by atoms with Crippen LogP contribution in [0.3, 0.4) is 0 Å². The van der Waals surface area contributed by atoms with Crippen LogP contribution in [-0.2, 0) is 10.2 Å². The first-order valence-corrected chi connectivity index (χ1v) is 14.2. The van der Waals surface area contributed by atoms with E-state index in [0.29, 0.717) is 5.69 Å². The summed E-state index contributed by atoms with van der Waals surface area (Å²) < 4.78 is 47.1. The lowest BCUT2D eigenvalue weighted by molar-refractivity contribution is 0.0475. The molecular formula is C30H39F3N6O3. The van der Waals surface area contributed by atoms with Crippen LogP contribution in [0.4, 0.5) is 41.0 Å². The van der Waals surface area contributed by atoms with Crippen LogP contribution in [-0.4, -0.2) is 53.7 Å². The highest BCUT2D eigenvalue weighted by Crippen LogP contribution is 2.61. The molecule has 2 aromatic rings. The molecule has 1 aliphatic heterocycles. The molecule has 0 saturated heterocycles. The van der Waals surface area contributed by atoms with Crippen molar-refractivity contribution in [3.05, 3.63) is 41.2 Å². The number of hydrogen-bond donors (Lipinski definition) is 4. The Morgan fingerprint density at radius 2 is 1.88 bits per heavy atom. The number of carbonyl (C=O) groups is 2. The topological polar surface area (TPSA) is 122 Å². The third-order valence-electron chi connectivity index (χ3n) is 8.66. The lowest BCUT2D eigenvalue weighted by Gasteiger charge is -2.32. The van der Waals surface area contributed by atoms with Gasteiger partial charge in [0.05, 0.1) is 18.2 Å². The van der Waals surface area contributed by atoms with Crippen LogP contribution >= 0.6 is 0 Å². The molecule has 228 valence electrons. The fourth-order valence-electron chi connectivity index (χ4n) is 6.10. The van der Waals surface area contributed by atoms with E-state index in [1.807, 2.05) is 26.8 Å². The number of pyridine rings is 1. The van der Waals surface area contributed by atoms with E-state index in [1.54, 1.807) is 37.8 Å². The Balaban J connectivity index is 1.39. The van der Waals surface area contributed by atoms with Crippen molar-refractivity contribution in [3.8, 4) is 0 Å². The molecule has 9 nitrogen and oxygen atoms in total. The molecule has 12 heteroatoms. The number of carbonyl (C=O) groups excluding carboxylic acids is 2. The maximum absolute atomic E-state index is 15.2. The predicted molar refractivity (Wildman–Crippen MR) is 155 cm³/mol. The zero-order chi connectivity index (χ0) is 30.8. The van der Waals surface area contributed by atoms with Gasteiger partial charge in [-0.05, 0) is 82.2 Å². The molecule has 2 heterocycles. The molecule has 3 unspecified atom stereocenters. The predicted octanol–water partition coefficient (Wildman–Crippen LogP) is 5.67. The van der Waals surface area contributed by atoms with Crippen molar-refractivity contribution in [1.29, 1.82) is 0 Å². The number of anilines is 4. The van der Waals surface area contributed by atoms with Gasteiger partial charge < -0.3 is 31.3 Å². The number of fused-ring (bicyclic) bond motifs is 3. The fraction of sp³-hybridized carbons (Fsp3) is 0.567. The minimum absolute atomic E-state index is 0.0229. The number of hydrogen-bond acceptors (Lipinski definition) is 7. The Morgan fingerprint density at radius 3 is 2.48 bits per heavy atom. The van der Waals surface area contributed by atoms with Gasteiger partial charge in [0, 0.05) is 28.9 Å². The second-order valence-electron chi connectivity index (χ2n) is 13.3. The molecule has 4 atom stereocenters. The maximum Gasteiger partial charge on any atom is 0.407 e. The van der Waals surface area contributed by atoms with E-state index in [1.165, 1.54) is 0 Å². The molecule has 2 amide bonds. The van der Waals surface area contributed by atoms with Gasteiger partial charge in [-0.1, -0.05) is 13.8 Å². The van der Waals surface area contributed by atoms with E-state index >= 15 is 4.39 Å². The fourth-order valence-corrected chi connectivity index (χ4v) is 6.10. The lowest BCUT2D eigenvalue weighted by atomic mass is 9.93. The van der Waals surface area contributed by atoms with Gasteiger partial charge in [-0.3, -0.25) is 4.79 Å². The van der Waals surface area contributed by atoms with Gasteiger partial charge in [0.1, 0.15) is 11.4 Å². The van der Waals surface area contributed by atoms with Gasteiger partial charge in [0.25, 0.3) is 12.3 Å². The molecule has 3 aliphatic rings. The third-order valence-corrected chi connectivity index (χ3v) is 8.66. The molecule has 5 rings (SSSR count). The number of rotatable bonds is 10. The first-order valence-electron chi connectivity index (χ1n) is 14.2. The number of aromatic nitrogens is 1. The molecule has 5 N–H and O–H groups in total. The first-order chi connectivity index (χ1) is 19.5. The molecule has 2 saturated carbocycles. The Hall–Kier alpha value is -3.70. The van der Waals surface area contributed by atoms with E-state index in [4.69, 9.17) is 10.5 Å². The quantitative estimate of drug-likeness (QED) is 0.282. The Kier molecular flexibility index (Phi) is 7.26. The van der Waals surface area contributed by atoms with Crippen molar-refractivity contribution in [2.75, 3.05) is 22.1 Å². The van der Waals surface area contributed by atoms with E-state index in [0.717, 1.165) is 36.6 Å². The van der Waals surface area contributed by atoms with Crippen molar-refractivity contribution >= 4 is 35.0 Å². The number of alkyl carbamates (subject to hydrolysis) is 1. The third kappa shape index (κ3) is 5.80. The number of nitrogens with two attached hydrogens (primary N) is 1. The van der Waals surface area contributed by atoms with Gasteiger partial charge in [-0.15, -0.1) is 0 Å². The monoisotopic (exact) mass is 588 g/mol. The zero-order valence-electron chi connectivity index (χ0n) is 24.8. The average molecular weight is 589 g/mol. The Bertz CT molecular complexity index is 1410.